The van der Waals surface area contributed by atoms with Crippen molar-refractivity contribution in [1.29, 1.82) is 0 Å². The summed E-state index contributed by atoms with van der Waals surface area (Å²) < 4.78 is 0. The third-order valence-corrected chi connectivity index (χ3v) is 0.872. The fourth-order valence-electron chi connectivity index (χ4n) is 0.499. The molecule has 0 radical (unpaired) electrons. The third kappa shape index (κ3) is 6.83. The molecule has 0 saturated carbocycles. The van der Waals surface area contributed by atoms with Gasteiger partial charge in [0.15, 0.2) is 0 Å². The van der Waals surface area contributed by atoms with E-state index < -0.39 is 0 Å². The summed E-state index contributed by atoms with van der Waals surface area (Å²) >= 11 is 0. The van der Waals surface area contributed by atoms with Crippen molar-refractivity contribution < 1.29 is 26.2 Å². The summed E-state index contributed by atoms with van der Waals surface area (Å²) in [5, 5.41) is 0. The van der Waals surface area contributed by atoms with E-state index >= 15 is 0 Å². The fourth-order valence-corrected chi connectivity index (χ4v) is 0.499. The maximum absolute atomic E-state index is 3.05. The average molecular weight is 243 g/mol. The number of halogens is 2. The van der Waals surface area contributed by atoms with Crippen molar-refractivity contribution >= 4 is 24.8 Å². The van der Waals surface area contributed by atoms with E-state index in [-0.39, 0.29) is 51.0 Å². The summed E-state index contributed by atoms with van der Waals surface area (Å²) in [4.78, 5) is 0. The molecule has 0 amide bonds. The molecule has 0 aromatic heterocycles. The van der Waals surface area contributed by atoms with Gasteiger partial charge in [0.2, 0.25) is 0 Å². The predicted molar refractivity (Wildman–Crippen MR) is 40.7 cm³/mol. The number of hydrogen-bond acceptors (Lipinski definition) is 0. The van der Waals surface area contributed by atoms with Crippen molar-refractivity contribution in [3.8, 4) is 0 Å². The summed E-state index contributed by atoms with van der Waals surface area (Å²) in [6.07, 6.45) is 8.24. The Hall–Kier alpha value is 0.943. The zero-order chi connectivity index (χ0) is 4.41. The molecular weight excluding hydrogens is 234 g/mol. The van der Waals surface area contributed by atoms with Crippen LogP contribution in [0.25, 0.3) is 0 Å². The minimum atomic E-state index is 0. The standard InChI is InChI=1S/C6H7.2ClH.Zr/c1-6-4-2-3-5-6;;;/h4-5H,2H2,1H3;2*1H;/q-1;;;. The Labute approximate surface area is 87.7 Å². The van der Waals surface area contributed by atoms with Crippen molar-refractivity contribution in [1.82, 2.24) is 0 Å². The Kier molecular flexibility index (Phi) is 16.4. The molecule has 3 heteroatoms. The molecule has 0 saturated heterocycles. The molecule has 0 N–H and O–H groups in total. The number of allylic oxidation sites excluding steroid dienone is 4. The maximum atomic E-state index is 3.05. The van der Waals surface area contributed by atoms with E-state index in [1.54, 1.807) is 0 Å². The molecule has 0 aromatic rings. The Bertz CT molecular complexity index is 105. The topological polar surface area (TPSA) is 0 Å². The second-order valence-electron chi connectivity index (χ2n) is 1.50. The van der Waals surface area contributed by atoms with Gasteiger partial charge in [-0.15, -0.1) is 38.2 Å². The van der Waals surface area contributed by atoms with Gasteiger partial charge < -0.3 is 0 Å². The second-order valence-corrected chi connectivity index (χ2v) is 1.50. The van der Waals surface area contributed by atoms with Gasteiger partial charge in [0.25, 0.3) is 0 Å². The van der Waals surface area contributed by atoms with Crippen LogP contribution in [0.2, 0.25) is 0 Å². The van der Waals surface area contributed by atoms with Crippen LogP contribution >= 0.6 is 24.8 Å². The molecule has 0 fully saturated rings. The monoisotopic (exact) mass is 241 g/mol. The summed E-state index contributed by atoms with van der Waals surface area (Å²) in [6.45, 7) is 2.08. The third-order valence-electron chi connectivity index (χ3n) is 0.872. The second kappa shape index (κ2) is 8.94. The van der Waals surface area contributed by atoms with Gasteiger partial charge >= 0.3 is 0 Å². The van der Waals surface area contributed by atoms with Crippen molar-refractivity contribution in [2.24, 2.45) is 0 Å². The minimum Gasteiger partial charge on any atom is -0.273 e. The van der Waals surface area contributed by atoms with E-state index in [9.17, 15) is 0 Å². The minimum absolute atomic E-state index is 0. The number of rotatable bonds is 0. The largest absolute Gasteiger partial charge is 0.273 e. The SMILES string of the molecule is CC1=CC[C-]=C1.Cl.Cl.[Zr]. The summed E-state index contributed by atoms with van der Waals surface area (Å²) in [7, 11) is 0. The molecule has 0 bridgehead atoms. The summed E-state index contributed by atoms with van der Waals surface area (Å²) in [5.74, 6) is 0. The maximum Gasteiger partial charge on any atom is 0 e. The normalized spacial score (nSPS) is 12.3. The van der Waals surface area contributed by atoms with Gasteiger partial charge in [-0.3, -0.25) is 6.08 Å². The van der Waals surface area contributed by atoms with Crippen molar-refractivity contribution in [3.05, 3.63) is 23.8 Å². The molecule has 9 heavy (non-hydrogen) atoms. The van der Waals surface area contributed by atoms with E-state index in [0.29, 0.717) is 0 Å². The van der Waals surface area contributed by atoms with Crippen LogP contribution in [0.1, 0.15) is 13.3 Å². The van der Waals surface area contributed by atoms with Gasteiger partial charge in [-0.05, 0) is 0 Å². The van der Waals surface area contributed by atoms with E-state index in [1.165, 1.54) is 5.57 Å². The Balaban J connectivity index is -0.000000120. The van der Waals surface area contributed by atoms with Crippen LogP contribution in [0.5, 0.6) is 0 Å². The number of hydrogen-bond donors (Lipinski definition) is 0. The van der Waals surface area contributed by atoms with Crippen molar-refractivity contribution in [2.45, 2.75) is 13.3 Å². The van der Waals surface area contributed by atoms with Crippen LogP contribution in [0.4, 0.5) is 0 Å². The molecule has 1 aliphatic carbocycles. The van der Waals surface area contributed by atoms with E-state index in [4.69, 9.17) is 0 Å². The first-order valence-electron chi connectivity index (χ1n) is 2.13. The Morgan fingerprint density at radius 1 is 1.44 bits per heavy atom. The van der Waals surface area contributed by atoms with Crippen molar-refractivity contribution in [2.75, 3.05) is 0 Å². The van der Waals surface area contributed by atoms with Crippen LogP contribution in [-0.4, -0.2) is 0 Å². The Morgan fingerprint density at radius 2 is 2.00 bits per heavy atom. The van der Waals surface area contributed by atoms with Gasteiger partial charge in [-0.25, -0.2) is 11.6 Å². The Morgan fingerprint density at radius 3 is 2.11 bits per heavy atom. The molecule has 0 heterocycles. The van der Waals surface area contributed by atoms with Gasteiger partial charge in [0, 0.05) is 26.2 Å². The molecule has 0 aromatic carbocycles. The van der Waals surface area contributed by atoms with Crippen LogP contribution < -0.4 is 0 Å². The first-order chi connectivity index (χ1) is 2.89. The quantitative estimate of drug-likeness (QED) is 0.573. The fraction of sp³-hybridized carbons (Fsp3) is 0.333. The smallest absolute Gasteiger partial charge is 0 e. The molecule has 0 aliphatic heterocycles. The first-order valence-corrected chi connectivity index (χ1v) is 2.13. The van der Waals surface area contributed by atoms with Crippen LogP contribution in [0.3, 0.4) is 0 Å². The van der Waals surface area contributed by atoms with Gasteiger partial charge in [0.05, 0.1) is 0 Å². The molecular formula is C6H9Cl2Zr-. The van der Waals surface area contributed by atoms with Crippen LogP contribution in [0, 0.1) is 6.08 Å². The van der Waals surface area contributed by atoms with Crippen LogP contribution in [-0.2, 0) is 26.2 Å². The van der Waals surface area contributed by atoms with E-state index in [1.807, 2.05) is 6.08 Å². The van der Waals surface area contributed by atoms with Crippen LogP contribution in [0.15, 0.2) is 17.7 Å². The molecule has 1 rings (SSSR count). The van der Waals surface area contributed by atoms with Gasteiger partial charge in [0.1, 0.15) is 0 Å². The predicted octanol–water partition coefficient (Wildman–Crippen LogP) is 2.54. The molecule has 0 spiro atoms. The van der Waals surface area contributed by atoms with E-state index in [0.717, 1.165) is 6.42 Å². The molecule has 0 nitrogen and oxygen atoms in total. The summed E-state index contributed by atoms with van der Waals surface area (Å²) in [5.41, 5.74) is 1.34. The zero-order valence-electron chi connectivity index (χ0n) is 5.18. The summed E-state index contributed by atoms with van der Waals surface area (Å²) in [6, 6.07) is 0. The van der Waals surface area contributed by atoms with Gasteiger partial charge in [-0.2, -0.15) is 6.08 Å². The van der Waals surface area contributed by atoms with Crippen molar-refractivity contribution in [3.63, 3.8) is 0 Å². The van der Waals surface area contributed by atoms with Gasteiger partial charge in [-0.1, -0.05) is 0 Å². The molecule has 1 aliphatic rings. The molecule has 52 valence electrons. The van der Waals surface area contributed by atoms with E-state index in [2.05, 4.69) is 19.1 Å². The molecule has 0 unspecified atom stereocenters. The zero-order valence-corrected chi connectivity index (χ0v) is 9.27. The average Bonchev–Trinajstić information content (AvgIpc) is 1.86. The molecule has 0 atom stereocenters. The first kappa shape index (κ1) is 16.5.